The van der Waals surface area contributed by atoms with E-state index < -0.39 is 5.91 Å². The highest BCUT2D eigenvalue weighted by Gasteiger charge is 2.23. The lowest BCUT2D eigenvalue weighted by molar-refractivity contribution is 0.0917. The van der Waals surface area contributed by atoms with Crippen LogP contribution in [0.3, 0.4) is 0 Å². The Labute approximate surface area is 165 Å². The maximum Gasteiger partial charge on any atom is 0.268 e. The number of aryl methyl sites for hydroxylation is 1. The summed E-state index contributed by atoms with van der Waals surface area (Å²) in [6.45, 7) is 8.95. The average Bonchev–Trinajstić information content (AvgIpc) is 3.03. The van der Waals surface area contributed by atoms with E-state index in [1.165, 1.54) is 6.07 Å². The van der Waals surface area contributed by atoms with Crippen LogP contribution in [0.25, 0.3) is 0 Å². The molecule has 0 saturated carbocycles. The van der Waals surface area contributed by atoms with E-state index >= 15 is 0 Å². The maximum atomic E-state index is 12.8. The van der Waals surface area contributed by atoms with Gasteiger partial charge in [0.15, 0.2) is 11.5 Å². The minimum atomic E-state index is -0.567. The van der Waals surface area contributed by atoms with Gasteiger partial charge in [0, 0.05) is 13.2 Å². The first-order valence-electron chi connectivity index (χ1n) is 9.45. The fraction of sp³-hybridized carbons (Fsp3) is 0.429. The SMILES string of the molecule is CCOc1ccc(C(NC(=O)c2cc(C(N)=O)cn2C)C(C)C)cc1OCC. The first kappa shape index (κ1) is 21.3. The average molecular weight is 387 g/mol. The standard InChI is InChI=1S/C21H29N3O4/c1-6-27-17-9-8-14(11-18(17)28-7-2)19(13(3)4)23-21(26)16-10-15(20(22)25)12-24(16)5/h8-13,19H,6-7H2,1-5H3,(H2,22,25)(H,23,26). The third-order valence-electron chi connectivity index (χ3n) is 4.40. The van der Waals surface area contributed by atoms with Crippen LogP contribution in [-0.2, 0) is 7.05 Å². The Morgan fingerprint density at radius 1 is 1.11 bits per heavy atom. The predicted molar refractivity (Wildman–Crippen MR) is 108 cm³/mol. The second-order valence-corrected chi connectivity index (χ2v) is 6.86. The van der Waals surface area contributed by atoms with Crippen LogP contribution >= 0.6 is 0 Å². The van der Waals surface area contributed by atoms with Crippen molar-refractivity contribution in [1.82, 2.24) is 9.88 Å². The molecule has 0 spiro atoms. The fourth-order valence-electron chi connectivity index (χ4n) is 3.04. The first-order chi connectivity index (χ1) is 13.3. The summed E-state index contributed by atoms with van der Waals surface area (Å²) in [5.41, 5.74) is 6.90. The van der Waals surface area contributed by atoms with Crippen LogP contribution in [0.2, 0.25) is 0 Å². The quantitative estimate of drug-likeness (QED) is 0.691. The molecule has 0 aliphatic carbocycles. The van der Waals surface area contributed by atoms with Gasteiger partial charge in [-0.25, -0.2) is 0 Å². The van der Waals surface area contributed by atoms with Crippen molar-refractivity contribution in [2.45, 2.75) is 33.7 Å². The largest absolute Gasteiger partial charge is 0.490 e. The van der Waals surface area contributed by atoms with Crippen LogP contribution in [0.15, 0.2) is 30.5 Å². The van der Waals surface area contributed by atoms with Gasteiger partial charge in [0.25, 0.3) is 5.91 Å². The molecule has 1 atom stereocenters. The number of rotatable bonds is 9. The summed E-state index contributed by atoms with van der Waals surface area (Å²) in [5, 5.41) is 3.05. The van der Waals surface area contributed by atoms with Crippen molar-refractivity contribution in [3.63, 3.8) is 0 Å². The molecule has 0 aliphatic rings. The highest BCUT2D eigenvalue weighted by Crippen LogP contribution is 2.33. The van der Waals surface area contributed by atoms with E-state index in [2.05, 4.69) is 5.32 Å². The van der Waals surface area contributed by atoms with Gasteiger partial charge in [-0.1, -0.05) is 19.9 Å². The monoisotopic (exact) mass is 387 g/mol. The molecule has 7 heteroatoms. The minimum absolute atomic E-state index is 0.132. The van der Waals surface area contributed by atoms with Gasteiger partial charge in [-0.3, -0.25) is 9.59 Å². The molecule has 2 amide bonds. The molecule has 0 radical (unpaired) electrons. The van der Waals surface area contributed by atoms with Gasteiger partial charge in [0.2, 0.25) is 5.91 Å². The van der Waals surface area contributed by atoms with Gasteiger partial charge < -0.3 is 25.1 Å². The first-order valence-corrected chi connectivity index (χ1v) is 9.45. The third kappa shape index (κ3) is 4.85. The highest BCUT2D eigenvalue weighted by molar-refractivity contribution is 5.98. The van der Waals surface area contributed by atoms with Crippen molar-refractivity contribution in [1.29, 1.82) is 0 Å². The maximum absolute atomic E-state index is 12.8. The molecule has 0 aliphatic heterocycles. The number of nitrogens with two attached hydrogens (primary N) is 1. The second kappa shape index (κ2) is 9.30. The molecular weight excluding hydrogens is 358 g/mol. The van der Waals surface area contributed by atoms with E-state index in [4.69, 9.17) is 15.2 Å². The van der Waals surface area contributed by atoms with Crippen LogP contribution in [0, 0.1) is 5.92 Å². The fourth-order valence-corrected chi connectivity index (χ4v) is 3.04. The van der Waals surface area contributed by atoms with E-state index in [1.54, 1.807) is 17.8 Å². The van der Waals surface area contributed by atoms with Crippen LogP contribution < -0.4 is 20.5 Å². The van der Waals surface area contributed by atoms with Gasteiger partial charge in [-0.2, -0.15) is 0 Å². The number of primary amides is 1. The summed E-state index contributed by atoms with van der Waals surface area (Å²) in [6.07, 6.45) is 1.55. The Hall–Kier alpha value is -2.96. The number of carbonyl (C=O) groups is 2. The van der Waals surface area contributed by atoms with E-state index in [-0.39, 0.29) is 17.9 Å². The third-order valence-corrected chi connectivity index (χ3v) is 4.40. The second-order valence-electron chi connectivity index (χ2n) is 6.86. The molecule has 0 fully saturated rings. The van der Waals surface area contributed by atoms with Crippen molar-refractivity contribution >= 4 is 11.8 Å². The number of ether oxygens (including phenoxy) is 2. The Bertz CT molecular complexity index is 842. The molecule has 7 nitrogen and oxygen atoms in total. The Balaban J connectivity index is 2.31. The number of nitrogens with zero attached hydrogens (tertiary/aromatic N) is 1. The van der Waals surface area contributed by atoms with E-state index in [0.29, 0.717) is 36.0 Å². The van der Waals surface area contributed by atoms with Crippen LogP contribution in [0.5, 0.6) is 11.5 Å². The molecule has 1 unspecified atom stereocenters. The molecule has 152 valence electrons. The van der Waals surface area contributed by atoms with Gasteiger partial charge in [0.05, 0.1) is 24.8 Å². The molecule has 0 bridgehead atoms. The molecule has 28 heavy (non-hydrogen) atoms. The number of hydrogen-bond acceptors (Lipinski definition) is 4. The lowest BCUT2D eigenvalue weighted by Gasteiger charge is -2.24. The van der Waals surface area contributed by atoms with Crippen LogP contribution in [0.1, 0.15) is 60.1 Å². The lowest BCUT2D eigenvalue weighted by atomic mass is 9.95. The molecule has 1 aromatic heterocycles. The normalized spacial score (nSPS) is 11.9. The summed E-state index contributed by atoms with van der Waals surface area (Å²) in [6, 6.07) is 6.95. The molecule has 2 aromatic rings. The van der Waals surface area contributed by atoms with E-state index in [9.17, 15) is 9.59 Å². The van der Waals surface area contributed by atoms with Crippen molar-refractivity contribution in [2.24, 2.45) is 18.7 Å². The topological polar surface area (TPSA) is 95.6 Å². The number of amides is 2. The number of aromatic nitrogens is 1. The Morgan fingerprint density at radius 2 is 1.75 bits per heavy atom. The molecule has 1 heterocycles. The molecular formula is C21H29N3O4. The summed E-state index contributed by atoms with van der Waals surface area (Å²) in [4.78, 5) is 24.2. The van der Waals surface area contributed by atoms with E-state index in [0.717, 1.165) is 5.56 Å². The molecule has 2 rings (SSSR count). The van der Waals surface area contributed by atoms with Gasteiger partial charge in [-0.15, -0.1) is 0 Å². The molecule has 3 N–H and O–H groups in total. The molecule has 1 aromatic carbocycles. The van der Waals surface area contributed by atoms with E-state index in [1.807, 2.05) is 45.9 Å². The summed E-state index contributed by atoms with van der Waals surface area (Å²) in [5.74, 6) is 0.614. The zero-order valence-corrected chi connectivity index (χ0v) is 17.1. The zero-order valence-electron chi connectivity index (χ0n) is 17.1. The Kier molecular flexibility index (Phi) is 7.09. The summed E-state index contributed by atoms with van der Waals surface area (Å²) >= 11 is 0. The predicted octanol–water partition coefficient (Wildman–Crippen LogP) is 3.05. The Morgan fingerprint density at radius 3 is 2.29 bits per heavy atom. The summed E-state index contributed by atoms with van der Waals surface area (Å²) in [7, 11) is 1.70. The highest BCUT2D eigenvalue weighted by atomic mass is 16.5. The smallest absolute Gasteiger partial charge is 0.268 e. The zero-order chi connectivity index (χ0) is 20.8. The van der Waals surface area contributed by atoms with Crippen molar-refractivity contribution in [3.05, 3.63) is 47.3 Å². The summed E-state index contributed by atoms with van der Waals surface area (Å²) < 4.78 is 12.9. The number of carbonyl (C=O) groups excluding carboxylic acids is 2. The molecule has 0 saturated heterocycles. The van der Waals surface area contributed by atoms with Crippen LogP contribution in [-0.4, -0.2) is 29.6 Å². The minimum Gasteiger partial charge on any atom is -0.490 e. The van der Waals surface area contributed by atoms with Crippen molar-refractivity contribution in [2.75, 3.05) is 13.2 Å². The van der Waals surface area contributed by atoms with Crippen molar-refractivity contribution in [3.8, 4) is 11.5 Å². The van der Waals surface area contributed by atoms with Crippen molar-refractivity contribution < 1.29 is 19.1 Å². The van der Waals surface area contributed by atoms with Crippen LogP contribution in [0.4, 0.5) is 0 Å². The lowest BCUT2D eigenvalue weighted by Crippen LogP contribution is -2.32. The van der Waals surface area contributed by atoms with Gasteiger partial charge >= 0.3 is 0 Å². The number of nitrogens with one attached hydrogen (secondary N) is 1. The number of benzene rings is 1. The van der Waals surface area contributed by atoms with Gasteiger partial charge in [0.1, 0.15) is 5.69 Å². The van der Waals surface area contributed by atoms with Gasteiger partial charge in [-0.05, 0) is 43.5 Å². The number of hydrogen-bond donors (Lipinski definition) is 2.